The van der Waals surface area contributed by atoms with Gasteiger partial charge < -0.3 is 14.6 Å². The van der Waals surface area contributed by atoms with Crippen LogP contribution in [0.5, 0.6) is 0 Å². The number of rotatable bonds is 3. The molecule has 3 heterocycles. The second-order valence-corrected chi connectivity index (χ2v) is 4.59. The van der Waals surface area contributed by atoms with Crippen molar-refractivity contribution in [1.82, 2.24) is 25.2 Å². The molecule has 7 nitrogen and oxygen atoms in total. The van der Waals surface area contributed by atoms with Crippen LogP contribution in [0.25, 0.3) is 0 Å². The summed E-state index contributed by atoms with van der Waals surface area (Å²) in [5, 5.41) is 2.99. The van der Waals surface area contributed by atoms with Gasteiger partial charge in [0, 0.05) is 25.4 Å². The van der Waals surface area contributed by atoms with Crippen molar-refractivity contribution in [2.75, 3.05) is 13.6 Å². The van der Waals surface area contributed by atoms with Gasteiger partial charge in [-0.3, -0.25) is 14.8 Å². The minimum Gasteiger partial charge on any atom is -0.446 e. The zero-order valence-corrected chi connectivity index (χ0v) is 11.1. The van der Waals surface area contributed by atoms with Crippen molar-refractivity contribution >= 4 is 5.91 Å². The van der Waals surface area contributed by atoms with Crippen molar-refractivity contribution < 1.29 is 9.21 Å². The molecule has 1 amide bonds. The molecule has 1 aliphatic heterocycles. The molecule has 1 atom stereocenters. The molecule has 20 heavy (non-hydrogen) atoms. The number of carbonyl (C=O) groups is 1. The third-order valence-corrected chi connectivity index (χ3v) is 3.37. The lowest BCUT2D eigenvalue weighted by Crippen LogP contribution is -2.38. The molecule has 2 aromatic heterocycles. The van der Waals surface area contributed by atoms with Crippen molar-refractivity contribution in [1.29, 1.82) is 0 Å². The highest BCUT2D eigenvalue weighted by atomic mass is 16.3. The highest BCUT2D eigenvalue weighted by Crippen LogP contribution is 2.24. The highest BCUT2D eigenvalue weighted by Gasteiger charge is 2.33. The average molecular weight is 273 g/mol. The number of likely N-dealkylation sites (N-methyl/N-ethyl adjacent to an activating group) is 1. The van der Waals surface area contributed by atoms with Crippen LogP contribution < -0.4 is 5.32 Å². The van der Waals surface area contributed by atoms with Crippen molar-refractivity contribution in [2.45, 2.75) is 19.0 Å². The van der Waals surface area contributed by atoms with E-state index in [9.17, 15) is 4.79 Å². The maximum Gasteiger partial charge on any atom is 0.248 e. The SMILES string of the molecule is CNC1C(=O)N(Cc2cnccn2)CCc2ncoc21. The fourth-order valence-corrected chi connectivity index (χ4v) is 2.37. The fraction of sp³-hybridized carbons (Fsp3) is 0.385. The molecule has 0 bridgehead atoms. The second kappa shape index (κ2) is 5.38. The number of carbonyl (C=O) groups excluding carboxylic acids is 1. The number of hydrogen-bond acceptors (Lipinski definition) is 6. The minimum absolute atomic E-state index is 0.0337. The molecule has 3 rings (SSSR count). The fourth-order valence-electron chi connectivity index (χ4n) is 2.37. The topological polar surface area (TPSA) is 84.2 Å². The third-order valence-electron chi connectivity index (χ3n) is 3.37. The van der Waals surface area contributed by atoms with Gasteiger partial charge in [0.15, 0.2) is 12.2 Å². The van der Waals surface area contributed by atoms with E-state index in [1.807, 2.05) is 0 Å². The highest BCUT2D eigenvalue weighted by molar-refractivity contribution is 5.83. The van der Waals surface area contributed by atoms with Crippen LogP contribution in [-0.2, 0) is 17.8 Å². The first-order chi connectivity index (χ1) is 9.79. The summed E-state index contributed by atoms with van der Waals surface area (Å²) < 4.78 is 5.36. The van der Waals surface area contributed by atoms with Gasteiger partial charge in [0.2, 0.25) is 5.91 Å². The Morgan fingerprint density at radius 2 is 2.35 bits per heavy atom. The monoisotopic (exact) mass is 273 g/mol. The summed E-state index contributed by atoms with van der Waals surface area (Å²) in [7, 11) is 1.74. The Balaban J connectivity index is 1.84. The van der Waals surface area contributed by atoms with Gasteiger partial charge in [-0.25, -0.2) is 4.98 Å². The van der Waals surface area contributed by atoms with Gasteiger partial charge in [-0.1, -0.05) is 0 Å². The Hall–Kier alpha value is -2.28. The summed E-state index contributed by atoms with van der Waals surface area (Å²) in [5.41, 5.74) is 1.60. The molecule has 1 unspecified atom stereocenters. The van der Waals surface area contributed by atoms with E-state index in [1.165, 1.54) is 6.39 Å². The van der Waals surface area contributed by atoms with Crippen molar-refractivity contribution in [3.8, 4) is 0 Å². The largest absolute Gasteiger partial charge is 0.446 e. The van der Waals surface area contributed by atoms with Crippen molar-refractivity contribution in [3.05, 3.63) is 42.1 Å². The quantitative estimate of drug-likeness (QED) is 0.866. The van der Waals surface area contributed by atoms with Crippen LogP contribution in [0.2, 0.25) is 0 Å². The summed E-state index contributed by atoms with van der Waals surface area (Å²) in [5.74, 6) is 0.577. The van der Waals surface area contributed by atoms with Gasteiger partial charge in [0.25, 0.3) is 0 Å². The molecule has 0 spiro atoms. The molecule has 1 aliphatic rings. The van der Waals surface area contributed by atoms with Crippen LogP contribution in [0.4, 0.5) is 0 Å². The van der Waals surface area contributed by atoms with E-state index in [0.717, 1.165) is 11.4 Å². The zero-order valence-electron chi connectivity index (χ0n) is 11.1. The number of amides is 1. The summed E-state index contributed by atoms with van der Waals surface area (Å²) in [6.45, 7) is 1.03. The van der Waals surface area contributed by atoms with E-state index < -0.39 is 6.04 Å². The Labute approximate surface area is 116 Å². The maximum atomic E-state index is 12.6. The first-order valence-electron chi connectivity index (χ1n) is 6.43. The molecule has 0 saturated carbocycles. The summed E-state index contributed by atoms with van der Waals surface area (Å²) in [6.07, 6.45) is 6.97. The van der Waals surface area contributed by atoms with Crippen LogP contribution >= 0.6 is 0 Å². The molecule has 0 radical (unpaired) electrons. The van der Waals surface area contributed by atoms with Crippen molar-refractivity contribution in [2.24, 2.45) is 0 Å². The van der Waals surface area contributed by atoms with E-state index in [0.29, 0.717) is 25.3 Å². The van der Waals surface area contributed by atoms with Crippen LogP contribution in [0.1, 0.15) is 23.2 Å². The number of fused-ring (bicyclic) bond motifs is 1. The number of aromatic nitrogens is 3. The molecule has 104 valence electrons. The second-order valence-electron chi connectivity index (χ2n) is 4.59. The Bertz CT molecular complexity index is 598. The number of nitrogens with zero attached hydrogens (tertiary/aromatic N) is 4. The van der Waals surface area contributed by atoms with E-state index >= 15 is 0 Å². The molecule has 2 aromatic rings. The molecule has 7 heteroatoms. The van der Waals surface area contributed by atoms with Gasteiger partial charge in [-0.05, 0) is 7.05 Å². The molecular weight excluding hydrogens is 258 g/mol. The standard InChI is InChI=1S/C13H15N5O2/c1-14-11-12-10(17-8-20-12)2-5-18(13(11)19)7-9-6-15-3-4-16-9/h3-4,6,8,11,14H,2,5,7H2,1H3. The van der Waals surface area contributed by atoms with E-state index in [-0.39, 0.29) is 5.91 Å². The first kappa shape index (κ1) is 12.7. The lowest BCUT2D eigenvalue weighted by Gasteiger charge is -2.23. The van der Waals surface area contributed by atoms with E-state index in [2.05, 4.69) is 20.3 Å². The number of nitrogens with one attached hydrogen (secondary N) is 1. The predicted octanol–water partition coefficient (Wildman–Crippen LogP) is 0.310. The van der Waals surface area contributed by atoms with Crippen LogP contribution in [-0.4, -0.2) is 39.4 Å². The molecule has 0 fully saturated rings. The third kappa shape index (κ3) is 2.27. The van der Waals surface area contributed by atoms with Crippen molar-refractivity contribution in [3.63, 3.8) is 0 Å². The number of oxazole rings is 1. The maximum absolute atomic E-state index is 12.6. The Kier molecular flexibility index (Phi) is 3.42. The normalized spacial score (nSPS) is 18.8. The van der Waals surface area contributed by atoms with Crippen LogP contribution in [0.3, 0.4) is 0 Å². The van der Waals surface area contributed by atoms with Crippen LogP contribution in [0.15, 0.2) is 29.4 Å². The van der Waals surface area contributed by atoms with E-state index in [4.69, 9.17) is 4.42 Å². The lowest BCUT2D eigenvalue weighted by atomic mass is 10.1. The summed E-state index contributed by atoms with van der Waals surface area (Å²) in [6, 6.07) is -0.494. The molecule has 1 N–H and O–H groups in total. The van der Waals surface area contributed by atoms with Gasteiger partial charge in [0.05, 0.1) is 24.1 Å². The van der Waals surface area contributed by atoms with Gasteiger partial charge in [0.1, 0.15) is 6.04 Å². The first-order valence-corrected chi connectivity index (χ1v) is 6.43. The van der Waals surface area contributed by atoms with Gasteiger partial charge in [-0.2, -0.15) is 0 Å². The van der Waals surface area contributed by atoms with Gasteiger partial charge in [-0.15, -0.1) is 0 Å². The van der Waals surface area contributed by atoms with Gasteiger partial charge >= 0.3 is 0 Å². The van der Waals surface area contributed by atoms with E-state index in [1.54, 1.807) is 30.5 Å². The van der Waals surface area contributed by atoms with Crippen LogP contribution in [0, 0.1) is 0 Å². The molecule has 0 saturated heterocycles. The average Bonchev–Trinajstić information content (AvgIpc) is 2.89. The smallest absolute Gasteiger partial charge is 0.248 e. The molecular formula is C13H15N5O2. The Morgan fingerprint density at radius 3 is 3.10 bits per heavy atom. The summed E-state index contributed by atoms with van der Waals surface area (Å²) in [4.78, 5) is 26.7. The molecule has 0 aliphatic carbocycles. The summed E-state index contributed by atoms with van der Waals surface area (Å²) >= 11 is 0. The predicted molar refractivity (Wildman–Crippen MR) is 69.5 cm³/mol. The number of hydrogen-bond donors (Lipinski definition) is 1. The zero-order chi connectivity index (χ0) is 13.9. The minimum atomic E-state index is -0.494. The lowest BCUT2D eigenvalue weighted by molar-refractivity contribution is -0.134. The Morgan fingerprint density at radius 1 is 1.45 bits per heavy atom. The molecule has 0 aromatic carbocycles.